The van der Waals surface area contributed by atoms with Crippen molar-refractivity contribution in [1.29, 1.82) is 0 Å². The Bertz CT molecular complexity index is 839. The summed E-state index contributed by atoms with van der Waals surface area (Å²) in [6.07, 6.45) is 1.54. The van der Waals surface area contributed by atoms with Crippen LogP contribution in [0, 0.1) is 0 Å². The number of amides is 2. The molecule has 2 amide bonds. The van der Waals surface area contributed by atoms with E-state index in [1.807, 2.05) is 0 Å². The number of rotatable bonds is 7. The predicted octanol–water partition coefficient (Wildman–Crippen LogP) is 2.99. The Morgan fingerprint density at radius 2 is 2.04 bits per heavy atom. The Balaban J connectivity index is 2.14. The topological polar surface area (TPSA) is 99.2 Å². The van der Waals surface area contributed by atoms with Crippen LogP contribution in [0.1, 0.15) is 19.4 Å². The van der Waals surface area contributed by atoms with Crippen molar-refractivity contribution in [3.05, 3.63) is 33.1 Å². The number of benzene rings is 1. The molecule has 10 heteroatoms. The van der Waals surface area contributed by atoms with Gasteiger partial charge in [0.25, 0.3) is 11.1 Å². The summed E-state index contributed by atoms with van der Waals surface area (Å²) < 4.78 is 15.3. The maximum absolute atomic E-state index is 12.5. The van der Waals surface area contributed by atoms with Crippen molar-refractivity contribution in [2.24, 2.45) is 0 Å². The first-order valence-corrected chi connectivity index (χ1v) is 9.82. The fourth-order valence-corrected chi connectivity index (χ4v) is 3.72. The lowest BCUT2D eigenvalue weighted by atomic mass is 10.2. The summed E-state index contributed by atoms with van der Waals surface area (Å²) in [5.41, 5.74) is 0.631. The van der Waals surface area contributed by atoms with Gasteiger partial charge in [-0.3, -0.25) is 14.5 Å². The van der Waals surface area contributed by atoms with Crippen LogP contribution < -0.4 is 4.74 Å². The molecule has 0 aliphatic carbocycles. The van der Waals surface area contributed by atoms with E-state index in [0.29, 0.717) is 15.8 Å². The summed E-state index contributed by atoms with van der Waals surface area (Å²) in [4.78, 5) is 48.7. The molecule has 1 atom stereocenters. The van der Waals surface area contributed by atoms with Crippen LogP contribution in [0.25, 0.3) is 6.08 Å². The summed E-state index contributed by atoms with van der Waals surface area (Å²) in [6, 6.07) is 3.96. The third-order valence-electron chi connectivity index (χ3n) is 3.66. The Kier molecular flexibility index (Phi) is 7.64. The summed E-state index contributed by atoms with van der Waals surface area (Å²) in [5.74, 6) is -1.29. The Morgan fingerprint density at radius 3 is 2.64 bits per heavy atom. The van der Waals surface area contributed by atoms with Crippen molar-refractivity contribution < 1.29 is 33.4 Å². The van der Waals surface area contributed by atoms with Gasteiger partial charge in [0.2, 0.25) is 0 Å². The molecule has 1 aromatic rings. The third-order valence-corrected chi connectivity index (χ3v) is 5.16. The average molecular weight is 472 g/mol. The van der Waals surface area contributed by atoms with Crippen molar-refractivity contribution >= 4 is 56.9 Å². The molecule has 0 radical (unpaired) electrons. The molecular weight excluding hydrogens is 454 g/mol. The van der Waals surface area contributed by atoms with Gasteiger partial charge in [-0.15, -0.1) is 0 Å². The number of hydrogen-bond donors (Lipinski definition) is 0. The maximum Gasteiger partial charge on any atom is 0.344 e. The zero-order valence-corrected chi connectivity index (χ0v) is 17.8. The summed E-state index contributed by atoms with van der Waals surface area (Å²) >= 11 is 4.09. The molecule has 0 bridgehead atoms. The smallest absolute Gasteiger partial charge is 0.344 e. The largest absolute Gasteiger partial charge is 0.481 e. The van der Waals surface area contributed by atoms with Gasteiger partial charge >= 0.3 is 11.9 Å². The molecule has 150 valence electrons. The normalized spacial score (nSPS) is 16.3. The second-order valence-electron chi connectivity index (χ2n) is 5.53. The fraction of sp³-hybridized carbons (Fsp3) is 0.333. The van der Waals surface area contributed by atoms with Crippen molar-refractivity contribution in [2.45, 2.75) is 19.9 Å². The van der Waals surface area contributed by atoms with Crippen LogP contribution >= 0.6 is 27.7 Å². The van der Waals surface area contributed by atoms with Gasteiger partial charge < -0.3 is 14.2 Å². The number of halogens is 1. The van der Waals surface area contributed by atoms with E-state index in [0.717, 1.165) is 16.7 Å². The Labute approximate surface area is 174 Å². The molecule has 1 fully saturated rings. The van der Waals surface area contributed by atoms with Crippen molar-refractivity contribution in [1.82, 2.24) is 4.90 Å². The third kappa shape index (κ3) is 5.14. The molecule has 1 heterocycles. The molecule has 28 heavy (non-hydrogen) atoms. The van der Waals surface area contributed by atoms with Gasteiger partial charge in [0, 0.05) is 0 Å². The Morgan fingerprint density at radius 1 is 1.32 bits per heavy atom. The number of carbonyl (C=O) groups excluding carboxylic acids is 4. The molecule has 0 saturated carbocycles. The number of imide groups is 1. The standard InChI is InChI=1S/C18H18BrNO7S/c1-4-26-15(21)9-27-13-6-5-11(7-12(13)19)8-14-16(22)20(18(24)28-14)10(2)17(23)25-3/h5-8,10H,4,9H2,1-3H3. The second kappa shape index (κ2) is 9.74. The molecule has 1 aliphatic rings. The molecule has 1 aliphatic heterocycles. The zero-order chi connectivity index (χ0) is 20.8. The van der Waals surface area contributed by atoms with Gasteiger partial charge in [-0.05, 0) is 65.3 Å². The first-order chi connectivity index (χ1) is 13.3. The van der Waals surface area contributed by atoms with E-state index in [9.17, 15) is 19.2 Å². The highest BCUT2D eigenvalue weighted by molar-refractivity contribution is 9.10. The highest BCUT2D eigenvalue weighted by Crippen LogP contribution is 2.35. The van der Waals surface area contributed by atoms with E-state index in [1.165, 1.54) is 20.1 Å². The lowest BCUT2D eigenvalue weighted by molar-refractivity contribution is -0.148. The van der Waals surface area contributed by atoms with Gasteiger partial charge in [0.1, 0.15) is 11.8 Å². The SMILES string of the molecule is CCOC(=O)COc1ccc(C=C2SC(=O)N(C(C)C(=O)OC)C2=O)cc1Br. The molecule has 0 aromatic heterocycles. The first kappa shape index (κ1) is 22.0. The maximum atomic E-state index is 12.5. The van der Waals surface area contributed by atoms with Gasteiger partial charge in [0.15, 0.2) is 6.61 Å². The lowest BCUT2D eigenvalue weighted by Gasteiger charge is -2.18. The van der Waals surface area contributed by atoms with Crippen molar-refractivity contribution in [3.63, 3.8) is 0 Å². The van der Waals surface area contributed by atoms with Gasteiger partial charge in [-0.1, -0.05) is 6.07 Å². The van der Waals surface area contributed by atoms with Gasteiger partial charge in [0.05, 0.1) is 23.1 Å². The van der Waals surface area contributed by atoms with Crippen LogP contribution in [0.4, 0.5) is 4.79 Å². The van der Waals surface area contributed by atoms with E-state index in [2.05, 4.69) is 20.7 Å². The summed E-state index contributed by atoms with van der Waals surface area (Å²) in [6.45, 7) is 3.18. The van der Waals surface area contributed by atoms with E-state index in [1.54, 1.807) is 25.1 Å². The first-order valence-electron chi connectivity index (χ1n) is 8.21. The fourth-order valence-electron chi connectivity index (χ4n) is 2.30. The molecule has 0 N–H and O–H groups in total. The highest BCUT2D eigenvalue weighted by Gasteiger charge is 2.41. The number of methoxy groups -OCH3 is 1. The molecule has 8 nitrogen and oxygen atoms in total. The minimum atomic E-state index is -1.01. The molecule has 1 saturated heterocycles. The molecule has 1 unspecified atom stereocenters. The zero-order valence-electron chi connectivity index (χ0n) is 15.4. The lowest BCUT2D eigenvalue weighted by Crippen LogP contribution is -2.42. The minimum Gasteiger partial charge on any atom is -0.481 e. The number of esters is 2. The van der Waals surface area contributed by atoms with Gasteiger partial charge in [-0.25, -0.2) is 9.59 Å². The van der Waals surface area contributed by atoms with E-state index >= 15 is 0 Å². The molecule has 2 rings (SSSR count). The number of carbonyl (C=O) groups is 4. The van der Waals surface area contributed by atoms with Crippen LogP contribution in [-0.2, 0) is 23.9 Å². The van der Waals surface area contributed by atoms with Crippen LogP contribution in [-0.4, -0.2) is 54.4 Å². The second-order valence-corrected chi connectivity index (χ2v) is 7.38. The average Bonchev–Trinajstić information content (AvgIpc) is 2.93. The van der Waals surface area contributed by atoms with Crippen molar-refractivity contribution in [3.8, 4) is 5.75 Å². The van der Waals surface area contributed by atoms with Gasteiger partial charge in [-0.2, -0.15) is 0 Å². The number of nitrogens with zero attached hydrogens (tertiary/aromatic N) is 1. The molecule has 1 aromatic carbocycles. The number of ether oxygens (including phenoxy) is 3. The molecular formula is C18H18BrNO7S. The summed E-state index contributed by atoms with van der Waals surface area (Å²) in [5, 5.41) is -0.539. The monoisotopic (exact) mass is 471 g/mol. The highest BCUT2D eigenvalue weighted by atomic mass is 79.9. The van der Waals surface area contributed by atoms with Crippen LogP contribution in [0.15, 0.2) is 27.6 Å². The molecule has 0 spiro atoms. The predicted molar refractivity (Wildman–Crippen MR) is 106 cm³/mol. The Hall–Kier alpha value is -2.33. The van der Waals surface area contributed by atoms with Crippen LogP contribution in [0.5, 0.6) is 5.75 Å². The van der Waals surface area contributed by atoms with E-state index in [-0.39, 0.29) is 18.1 Å². The quantitative estimate of drug-likeness (QED) is 0.441. The minimum absolute atomic E-state index is 0.188. The number of hydrogen-bond acceptors (Lipinski definition) is 8. The van der Waals surface area contributed by atoms with E-state index in [4.69, 9.17) is 9.47 Å². The number of thioether (sulfide) groups is 1. The van der Waals surface area contributed by atoms with Crippen LogP contribution in [0.2, 0.25) is 0 Å². The summed E-state index contributed by atoms with van der Waals surface area (Å²) in [7, 11) is 1.19. The van der Waals surface area contributed by atoms with Crippen LogP contribution in [0.3, 0.4) is 0 Å². The van der Waals surface area contributed by atoms with E-state index < -0.39 is 29.1 Å². The van der Waals surface area contributed by atoms with Crippen molar-refractivity contribution in [2.75, 3.05) is 20.3 Å².